The number of hydrogen-bond donors (Lipinski definition) is 0. The largest absolute Gasteiger partial charge is 0.269 e. The molecule has 1 heterocycles. The van der Waals surface area contributed by atoms with Gasteiger partial charge in [-0.1, -0.05) is 0 Å². The van der Waals surface area contributed by atoms with Gasteiger partial charge in [0, 0.05) is 24.2 Å². The van der Waals surface area contributed by atoms with E-state index in [9.17, 15) is 18.5 Å². The summed E-state index contributed by atoms with van der Waals surface area (Å²) in [6, 6.07) is 5.55. The molecule has 0 N–H and O–H groups in total. The van der Waals surface area contributed by atoms with Crippen molar-refractivity contribution >= 4 is 15.7 Å². The van der Waals surface area contributed by atoms with Crippen LogP contribution in [0.1, 0.15) is 19.3 Å². The third-order valence-electron chi connectivity index (χ3n) is 4.95. The van der Waals surface area contributed by atoms with Crippen molar-refractivity contribution in [3.8, 4) is 0 Å². The molecule has 20 heavy (non-hydrogen) atoms. The van der Waals surface area contributed by atoms with Gasteiger partial charge in [0.05, 0.1) is 9.82 Å². The van der Waals surface area contributed by atoms with E-state index in [0.29, 0.717) is 11.8 Å². The maximum atomic E-state index is 12.6. The summed E-state index contributed by atoms with van der Waals surface area (Å²) in [6.07, 6.45) is 3.44. The van der Waals surface area contributed by atoms with Crippen LogP contribution in [-0.2, 0) is 10.0 Å². The van der Waals surface area contributed by atoms with Gasteiger partial charge in [-0.3, -0.25) is 10.1 Å². The van der Waals surface area contributed by atoms with E-state index >= 15 is 0 Å². The zero-order chi connectivity index (χ0) is 14.1. The number of nitro groups is 1. The molecule has 7 heteroatoms. The number of benzene rings is 1. The van der Waals surface area contributed by atoms with Crippen molar-refractivity contribution in [2.24, 2.45) is 11.8 Å². The Morgan fingerprint density at radius 2 is 1.65 bits per heavy atom. The number of sulfonamides is 1. The van der Waals surface area contributed by atoms with Crippen LogP contribution in [0.4, 0.5) is 5.69 Å². The first kappa shape index (κ1) is 12.3. The molecule has 1 aromatic rings. The Labute approximate surface area is 116 Å². The molecule has 106 valence electrons. The quantitative estimate of drug-likeness (QED) is 0.483. The van der Waals surface area contributed by atoms with E-state index in [1.165, 1.54) is 30.7 Å². The molecule has 1 aromatic carbocycles. The first-order chi connectivity index (χ1) is 9.50. The van der Waals surface area contributed by atoms with E-state index < -0.39 is 14.9 Å². The summed E-state index contributed by atoms with van der Waals surface area (Å²) in [7, 11) is -3.48. The van der Waals surface area contributed by atoms with Crippen LogP contribution < -0.4 is 0 Å². The van der Waals surface area contributed by atoms with Crippen LogP contribution >= 0.6 is 0 Å². The Morgan fingerprint density at radius 3 is 2.15 bits per heavy atom. The fraction of sp³-hybridized carbons (Fsp3) is 0.538. The SMILES string of the molecule is O=[N+]([O-])c1ccc(S(=O)(=O)N2[C@@H]3[C@H]4CC[C@H](C4)[C@@H]32)cc1. The predicted octanol–water partition coefficient (Wildman–Crippen LogP) is 1.77. The van der Waals surface area contributed by atoms with E-state index in [0.717, 1.165) is 12.8 Å². The third kappa shape index (κ3) is 1.50. The molecule has 0 radical (unpaired) electrons. The average Bonchev–Trinajstić information content (AvgIpc) is 2.91. The molecule has 2 aliphatic carbocycles. The number of piperidine rings is 1. The van der Waals surface area contributed by atoms with E-state index in [1.807, 2.05) is 0 Å². The molecule has 2 saturated carbocycles. The smallest absolute Gasteiger partial charge is 0.258 e. The van der Waals surface area contributed by atoms with Gasteiger partial charge in [-0.2, -0.15) is 4.31 Å². The number of nitrogens with zero attached hydrogens (tertiary/aromatic N) is 2. The molecule has 3 fully saturated rings. The zero-order valence-electron chi connectivity index (χ0n) is 10.7. The summed E-state index contributed by atoms with van der Waals surface area (Å²) in [5.74, 6) is 1.05. The van der Waals surface area contributed by atoms with Crippen molar-refractivity contribution < 1.29 is 13.3 Å². The Morgan fingerprint density at radius 1 is 1.10 bits per heavy atom. The number of nitro benzene ring substituents is 1. The lowest BCUT2D eigenvalue weighted by molar-refractivity contribution is -0.384. The van der Waals surface area contributed by atoms with Gasteiger partial charge >= 0.3 is 0 Å². The second-order valence-electron chi connectivity index (χ2n) is 5.90. The summed E-state index contributed by atoms with van der Waals surface area (Å²) in [5.41, 5.74) is -0.0880. The highest BCUT2D eigenvalue weighted by Crippen LogP contribution is 2.60. The molecule has 1 aliphatic heterocycles. The van der Waals surface area contributed by atoms with E-state index in [1.54, 1.807) is 4.31 Å². The van der Waals surface area contributed by atoms with E-state index in [4.69, 9.17) is 0 Å². The molecule has 5 atom stereocenters. The Hall–Kier alpha value is -1.47. The van der Waals surface area contributed by atoms with Crippen LogP contribution in [0.3, 0.4) is 0 Å². The minimum absolute atomic E-state index is 0.0880. The highest BCUT2D eigenvalue weighted by Gasteiger charge is 2.68. The van der Waals surface area contributed by atoms with Gasteiger partial charge in [0.2, 0.25) is 10.0 Å². The molecule has 2 bridgehead atoms. The van der Waals surface area contributed by atoms with Crippen LogP contribution in [0, 0.1) is 22.0 Å². The monoisotopic (exact) mass is 294 g/mol. The van der Waals surface area contributed by atoms with E-state index in [2.05, 4.69) is 0 Å². The standard InChI is InChI=1S/C13H14N2O4S/c16-15(17)10-3-5-11(6-4-10)20(18,19)14-12-8-1-2-9(7-8)13(12)14/h3-6,8-9,12-13H,1-2,7H2/t8-,9+,12+,13-,14?. The molecule has 0 amide bonds. The van der Waals surface area contributed by atoms with Crippen LogP contribution in [0.15, 0.2) is 29.2 Å². The molecule has 1 saturated heterocycles. The minimum Gasteiger partial charge on any atom is -0.258 e. The molecule has 6 nitrogen and oxygen atoms in total. The van der Waals surface area contributed by atoms with Gasteiger partial charge in [0.1, 0.15) is 0 Å². The fourth-order valence-corrected chi connectivity index (χ4v) is 5.98. The molecule has 3 aliphatic rings. The number of hydrogen-bond acceptors (Lipinski definition) is 4. The lowest BCUT2D eigenvalue weighted by Gasteiger charge is -2.12. The van der Waals surface area contributed by atoms with Crippen LogP contribution in [0.5, 0.6) is 0 Å². The summed E-state index contributed by atoms with van der Waals surface area (Å²) in [4.78, 5) is 10.2. The molecule has 0 aromatic heterocycles. The van der Waals surface area contributed by atoms with Crippen molar-refractivity contribution in [1.82, 2.24) is 4.31 Å². The van der Waals surface area contributed by atoms with Crippen LogP contribution in [0.25, 0.3) is 0 Å². The lowest BCUT2D eigenvalue weighted by Crippen LogP contribution is -2.21. The molecule has 0 spiro atoms. The van der Waals surface area contributed by atoms with Gasteiger partial charge in [-0.25, -0.2) is 8.42 Å². The van der Waals surface area contributed by atoms with Crippen LogP contribution in [0.2, 0.25) is 0 Å². The van der Waals surface area contributed by atoms with E-state index in [-0.39, 0.29) is 22.7 Å². The van der Waals surface area contributed by atoms with Crippen molar-refractivity contribution in [3.63, 3.8) is 0 Å². The van der Waals surface area contributed by atoms with Crippen molar-refractivity contribution in [2.45, 2.75) is 36.2 Å². The van der Waals surface area contributed by atoms with Crippen molar-refractivity contribution in [2.75, 3.05) is 0 Å². The fourth-order valence-electron chi connectivity index (χ4n) is 4.07. The molecule has 1 unspecified atom stereocenters. The normalized spacial score (nSPS) is 37.7. The zero-order valence-corrected chi connectivity index (χ0v) is 11.5. The number of rotatable bonds is 3. The first-order valence-electron chi connectivity index (χ1n) is 6.78. The third-order valence-corrected chi connectivity index (χ3v) is 6.86. The van der Waals surface area contributed by atoms with Crippen molar-refractivity contribution in [1.29, 1.82) is 0 Å². The molecular weight excluding hydrogens is 280 g/mol. The predicted molar refractivity (Wildman–Crippen MR) is 70.5 cm³/mol. The van der Waals surface area contributed by atoms with Crippen LogP contribution in [-0.4, -0.2) is 29.7 Å². The summed E-state index contributed by atoms with van der Waals surface area (Å²) >= 11 is 0. The van der Waals surface area contributed by atoms with Gasteiger partial charge in [-0.15, -0.1) is 0 Å². The first-order valence-corrected chi connectivity index (χ1v) is 8.22. The highest BCUT2D eigenvalue weighted by molar-refractivity contribution is 7.89. The minimum atomic E-state index is -3.48. The second kappa shape index (κ2) is 3.79. The highest BCUT2D eigenvalue weighted by atomic mass is 32.2. The molecule has 4 rings (SSSR count). The number of non-ortho nitro benzene ring substituents is 1. The summed E-state index contributed by atoms with van der Waals surface area (Å²) < 4.78 is 26.8. The Bertz CT molecular complexity index is 669. The second-order valence-corrected chi connectivity index (χ2v) is 7.74. The molecular formula is C13H14N2O4S. The Balaban J connectivity index is 1.63. The topological polar surface area (TPSA) is 80.3 Å². The number of fused-ring (bicyclic) bond motifs is 5. The van der Waals surface area contributed by atoms with Gasteiger partial charge in [-0.05, 0) is 43.2 Å². The Kier molecular flexibility index (Phi) is 2.33. The van der Waals surface area contributed by atoms with Gasteiger partial charge < -0.3 is 0 Å². The summed E-state index contributed by atoms with van der Waals surface area (Å²) in [5, 5.41) is 10.6. The van der Waals surface area contributed by atoms with Gasteiger partial charge in [0.15, 0.2) is 0 Å². The lowest BCUT2D eigenvalue weighted by atomic mass is 10.0. The van der Waals surface area contributed by atoms with Crippen molar-refractivity contribution in [3.05, 3.63) is 34.4 Å². The summed E-state index contributed by atoms with van der Waals surface area (Å²) in [6.45, 7) is 0. The maximum Gasteiger partial charge on any atom is 0.269 e. The maximum absolute atomic E-state index is 12.6. The average molecular weight is 294 g/mol. The van der Waals surface area contributed by atoms with Gasteiger partial charge in [0.25, 0.3) is 5.69 Å².